The van der Waals surface area contributed by atoms with Gasteiger partial charge in [0, 0.05) is 0 Å². The number of hydrogen-bond acceptors (Lipinski definition) is 5. The number of rotatable bonds is 18. The molecule has 1 fully saturated rings. The maximum atomic E-state index is 12.2. The molecule has 1 aliphatic rings. The van der Waals surface area contributed by atoms with E-state index in [-0.39, 0.29) is 6.42 Å². The van der Waals surface area contributed by atoms with E-state index < -0.39 is 37.2 Å². The zero-order valence-corrected chi connectivity index (χ0v) is 22.4. The Balaban J connectivity index is 2.43. The molecule has 176 valence electrons. The Bertz CT molecular complexity index is 449. The van der Waals surface area contributed by atoms with Crippen molar-refractivity contribution in [3.8, 4) is 0 Å². The van der Waals surface area contributed by atoms with E-state index in [2.05, 4.69) is 13.8 Å². The molecule has 1 unspecified atom stereocenters. The minimum absolute atomic E-state index is 0.258. The van der Waals surface area contributed by atoms with Crippen LogP contribution in [0.5, 0.6) is 0 Å². The molecular formula is C24H46O5Sn. The second-order valence-corrected chi connectivity index (χ2v) is 18.2. The Morgan fingerprint density at radius 3 is 1.53 bits per heavy atom. The summed E-state index contributed by atoms with van der Waals surface area (Å²) in [7, 11) is 0. The van der Waals surface area contributed by atoms with Gasteiger partial charge in [0.25, 0.3) is 0 Å². The first-order valence-electron chi connectivity index (χ1n) is 12.7. The number of aliphatic hydroxyl groups is 1. The van der Waals surface area contributed by atoms with Gasteiger partial charge in [-0.15, -0.1) is 0 Å². The summed E-state index contributed by atoms with van der Waals surface area (Å²) in [6, 6.07) is 0. The maximum absolute atomic E-state index is 12.2. The quantitative estimate of drug-likeness (QED) is 0.160. The van der Waals surface area contributed by atoms with Crippen molar-refractivity contribution in [2.24, 2.45) is 0 Å². The Labute approximate surface area is 189 Å². The standard InChI is InChI=1S/2C10H21.C4H6O5.Sn/c2*1-3-5-7-9-10-8-6-4-2;5-2(4(8)9)1-3(6)7;/h2*1,3-10H2,2H3;2,5H,1H2,(H,6,7)(H,8,9);/q;;;+2/p-2. The van der Waals surface area contributed by atoms with Crippen LogP contribution in [0.1, 0.15) is 123 Å². The topological polar surface area (TPSA) is 72.8 Å². The first-order chi connectivity index (χ1) is 14.5. The van der Waals surface area contributed by atoms with Crippen molar-refractivity contribution in [1.29, 1.82) is 0 Å². The Morgan fingerprint density at radius 1 is 0.700 bits per heavy atom. The van der Waals surface area contributed by atoms with E-state index in [9.17, 15) is 14.7 Å². The van der Waals surface area contributed by atoms with E-state index in [1.807, 2.05) is 0 Å². The van der Waals surface area contributed by atoms with E-state index in [0.29, 0.717) is 0 Å². The summed E-state index contributed by atoms with van der Waals surface area (Å²) >= 11 is -3.81. The summed E-state index contributed by atoms with van der Waals surface area (Å²) < 4.78 is 13.1. The van der Waals surface area contributed by atoms with E-state index >= 15 is 0 Å². The molecular weight excluding hydrogens is 487 g/mol. The van der Waals surface area contributed by atoms with Gasteiger partial charge < -0.3 is 0 Å². The second-order valence-electron chi connectivity index (χ2n) is 8.98. The molecule has 30 heavy (non-hydrogen) atoms. The van der Waals surface area contributed by atoms with Crippen LogP contribution in [0.25, 0.3) is 0 Å². The zero-order valence-electron chi connectivity index (χ0n) is 19.6. The van der Waals surface area contributed by atoms with Gasteiger partial charge in [0.15, 0.2) is 0 Å². The van der Waals surface area contributed by atoms with Crippen molar-refractivity contribution < 1.29 is 20.8 Å². The molecule has 5 nitrogen and oxygen atoms in total. The molecule has 0 aromatic rings. The van der Waals surface area contributed by atoms with Crippen LogP contribution in [0.4, 0.5) is 0 Å². The number of aliphatic hydroxyl groups excluding tert-OH is 1. The molecule has 0 amide bonds. The van der Waals surface area contributed by atoms with Gasteiger partial charge in [-0.3, -0.25) is 0 Å². The third-order valence-electron chi connectivity index (χ3n) is 6.04. The number of unbranched alkanes of at least 4 members (excludes halogenated alkanes) is 14. The molecule has 0 radical (unpaired) electrons. The third kappa shape index (κ3) is 12.5. The first kappa shape index (κ1) is 27.7. The van der Waals surface area contributed by atoms with Crippen LogP contribution in [0, 0.1) is 0 Å². The molecule has 0 aromatic carbocycles. The zero-order chi connectivity index (χ0) is 22.1. The van der Waals surface area contributed by atoms with Crippen LogP contribution >= 0.6 is 0 Å². The van der Waals surface area contributed by atoms with E-state index in [0.717, 1.165) is 34.6 Å². The molecule has 1 heterocycles. The van der Waals surface area contributed by atoms with Crippen LogP contribution in [-0.4, -0.2) is 42.4 Å². The van der Waals surface area contributed by atoms with Crippen LogP contribution in [-0.2, 0) is 15.7 Å². The van der Waals surface area contributed by atoms with Crippen LogP contribution in [0.15, 0.2) is 0 Å². The average Bonchev–Trinajstić information content (AvgIpc) is 2.81. The van der Waals surface area contributed by atoms with Gasteiger partial charge in [0.1, 0.15) is 0 Å². The average molecular weight is 533 g/mol. The van der Waals surface area contributed by atoms with E-state index in [1.165, 1.54) is 77.0 Å². The summed E-state index contributed by atoms with van der Waals surface area (Å²) in [5, 5.41) is 9.84. The normalized spacial score (nSPS) is 18.7. The summed E-state index contributed by atoms with van der Waals surface area (Å²) in [5.74, 6) is -1.07. The van der Waals surface area contributed by atoms with Crippen molar-refractivity contribution in [1.82, 2.24) is 0 Å². The second kappa shape index (κ2) is 17.3. The number of carbonyl (C=O) groups is 2. The summed E-state index contributed by atoms with van der Waals surface area (Å²) in [6.07, 6.45) is 17.7. The van der Waals surface area contributed by atoms with E-state index in [4.69, 9.17) is 6.15 Å². The van der Waals surface area contributed by atoms with Gasteiger partial charge in [-0.2, -0.15) is 0 Å². The first-order valence-corrected chi connectivity index (χ1v) is 19.0. The fourth-order valence-corrected chi connectivity index (χ4v) is 13.5. The van der Waals surface area contributed by atoms with Gasteiger partial charge in [-0.25, -0.2) is 0 Å². The van der Waals surface area contributed by atoms with E-state index in [1.54, 1.807) is 0 Å². The third-order valence-corrected chi connectivity index (χ3v) is 15.8. The minimum atomic E-state index is -3.81. The Morgan fingerprint density at radius 2 is 1.10 bits per heavy atom. The van der Waals surface area contributed by atoms with Gasteiger partial charge in [0.2, 0.25) is 0 Å². The van der Waals surface area contributed by atoms with Gasteiger partial charge >= 0.3 is 190 Å². The van der Waals surface area contributed by atoms with Crippen molar-refractivity contribution >= 4 is 31.1 Å². The van der Waals surface area contributed by atoms with Crippen molar-refractivity contribution in [2.75, 3.05) is 0 Å². The van der Waals surface area contributed by atoms with Crippen LogP contribution in [0.3, 0.4) is 0 Å². The summed E-state index contributed by atoms with van der Waals surface area (Å²) in [5.41, 5.74) is 0. The molecule has 0 spiro atoms. The Hall–Kier alpha value is -0.301. The summed E-state index contributed by atoms with van der Waals surface area (Å²) in [4.78, 5) is 24.4. The fraction of sp³-hybridized carbons (Fsp3) is 0.917. The van der Waals surface area contributed by atoms with Crippen LogP contribution in [0.2, 0.25) is 8.87 Å². The van der Waals surface area contributed by atoms with Gasteiger partial charge in [-0.05, 0) is 0 Å². The molecule has 1 atom stereocenters. The van der Waals surface area contributed by atoms with Crippen LogP contribution < -0.4 is 0 Å². The van der Waals surface area contributed by atoms with Gasteiger partial charge in [0.05, 0.1) is 0 Å². The Kier molecular flexibility index (Phi) is 16.0. The molecule has 1 N–H and O–H groups in total. The molecule has 1 saturated heterocycles. The molecule has 0 aromatic heterocycles. The molecule has 0 bridgehead atoms. The van der Waals surface area contributed by atoms with Crippen molar-refractivity contribution in [3.05, 3.63) is 0 Å². The monoisotopic (exact) mass is 534 g/mol. The predicted octanol–water partition coefficient (Wildman–Crippen LogP) is 6.56. The summed E-state index contributed by atoms with van der Waals surface area (Å²) in [6.45, 7) is 4.45. The number of carbonyl (C=O) groups excluding carboxylic acids is 2. The number of hydrogen-bond donors (Lipinski definition) is 1. The van der Waals surface area contributed by atoms with Gasteiger partial charge in [-0.1, -0.05) is 0 Å². The molecule has 0 aliphatic carbocycles. The SMILES string of the molecule is CCCCCCCCC[CH2][Sn]1([CH2]CCCCCCCCC)[O]C(=O)CC(O)C(=O)[O]1. The van der Waals surface area contributed by atoms with Crippen molar-refractivity contribution in [2.45, 2.75) is 138 Å². The van der Waals surface area contributed by atoms with Crippen molar-refractivity contribution in [3.63, 3.8) is 0 Å². The molecule has 6 heteroatoms. The fourth-order valence-electron chi connectivity index (χ4n) is 4.15. The molecule has 0 saturated carbocycles. The predicted molar refractivity (Wildman–Crippen MR) is 123 cm³/mol. The molecule has 1 rings (SSSR count). The molecule has 1 aliphatic heterocycles.